The van der Waals surface area contributed by atoms with E-state index in [1.807, 2.05) is 12.3 Å². The van der Waals surface area contributed by atoms with E-state index in [1.165, 1.54) is 16.7 Å². The van der Waals surface area contributed by atoms with Gasteiger partial charge in [-0.15, -0.1) is 0 Å². The molecule has 0 aromatic heterocycles. The molecule has 0 atom stereocenters. The first-order valence-electron chi connectivity index (χ1n) is 6.08. The molecule has 17 heavy (non-hydrogen) atoms. The third-order valence-electron chi connectivity index (χ3n) is 2.81. The largest absolute Gasteiger partial charge is 0.362 e. The maximum Gasteiger partial charge on any atom is 0.0307 e. The topological polar surface area (TPSA) is 12.0 Å². The molecule has 0 aliphatic carbocycles. The van der Waals surface area contributed by atoms with Crippen molar-refractivity contribution in [1.29, 1.82) is 0 Å². The van der Waals surface area contributed by atoms with Crippen molar-refractivity contribution in [3.8, 4) is 0 Å². The van der Waals surface area contributed by atoms with Crippen molar-refractivity contribution in [3.63, 3.8) is 0 Å². The van der Waals surface area contributed by atoms with Gasteiger partial charge >= 0.3 is 0 Å². The van der Waals surface area contributed by atoms with Crippen LogP contribution in [0.5, 0.6) is 0 Å². The highest BCUT2D eigenvalue weighted by molar-refractivity contribution is 5.75. The van der Waals surface area contributed by atoms with Crippen LogP contribution in [0.1, 0.15) is 25.0 Å². The summed E-state index contributed by atoms with van der Waals surface area (Å²) in [6, 6.07) is 8.80. The van der Waals surface area contributed by atoms with Crippen LogP contribution in [-0.2, 0) is 6.42 Å². The smallest absolute Gasteiger partial charge is 0.0307 e. The van der Waals surface area contributed by atoms with Crippen molar-refractivity contribution in [2.75, 3.05) is 0 Å². The fraction of sp³-hybridized carbons (Fsp3) is 0.250. The number of rotatable bonds is 3. The summed E-state index contributed by atoms with van der Waals surface area (Å²) < 4.78 is 0. The van der Waals surface area contributed by atoms with Gasteiger partial charge in [0.25, 0.3) is 0 Å². The third kappa shape index (κ3) is 3.10. The second kappa shape index (κ2) is 5.05. The van der Waals surface area contributed by atoms with E-state index in [-0.39, 0.29) is 0 Å². The predicted octanol–water partition coefficient (Wildman–Crippen LogP) is 3.90. The fourth-order valence-electron chi connectivity index (χ4n) is 1.94. The molecule has 1 N–H and O–H groups in total. The maximum atomic E-state index is 3.85. The highest BCUT2D eigenvalue weighted by atomic mass is 14.8. The van der Waals surface area contributed by atoms with Crippen LogP contribution in [0.3, 0.4) is 0 Å². The zero-order valence-corrected chi connectivity index (χ0v) is 10.5. The summed E-state index contributed by atoms with van der Waals surface area (Å²) in [4.78, 5) is 0. The molecule has 1 nitrogen and oxygen atoms in total. The summed E-state index contributed by atoms with van der Waals surface area (Å²) in [7, 11) is 0. The molecule has 0 unspecified atom stereocenters. The molecule has 0 amide bonds. The Kier molecular flexibility index (Phi) is 3.48. The Morgan fingerprint density at radius 2 is 1.82 bits per heavy atom. The number of nitrogens with one attached hydrogen (secondary N) is 1. The molecule has 1 aliphatic rings. The second-order valence-corrected chi connectivity index (χ2v) is 4.90. The number of allylic oxidation sites excluding steroid dienone is 3. The van der Waals surface area contributed by atoms with Crippen molar-refractivity contribution in [1.82, 2.24) is 5.32 Å². The molecule has 0 spiro atoms. The van der Waals surface area contributed by atoms with Gasteiger partial charge in [0.15, 0.2) is 0 Å². The van der Waals surface area contributed by atoms with Crippen LogP contribution < -0.4 is 5.32 Å². The maximum absolute atomic E-state index is 3.85. The summed E-state index contributed by atoms with van der Waals surface area (Å²) in [6.07, 6.45) is 7.23. The number of benzene rings is 1. The average molecular weight is 225 g/mol. The molecule has 0 fully saturated rings. The van der Waals surface area contributed by atoms with Gasteiger partial charge in [-0.25, -0.2) is 0 Å². The zero-order valence-electron chi connectivity index (χ0n) is 10.5. The van der Waals surface area contributed by atoms with Crippen LogP contribution in [0.15, 0.2) is 54.9 Å². The highest BCUT2D eigenvalue weighted by Crippen LogP contribution is 2.20. The monoisotopic (exact) mass is 225 g/mol. The van der Waals surface area contributed by atoms with Crippen LogP contribution in [0.25, 0.3) is 5.57 Å². The average Bonchev–Trinajstić information content (AvgIpc) is 2.30. The third-order valence-corrected chi connectivity index (χ3v) is 2.81. The second-order valence-electron chi connectivity index (χ2n) is 4.90. The van der Waals surface area contributed by atoms with Crippen molar-refractivity contribution in [3.05, 3.63) is 66.0 Å². The van der Waals surface area contributed by atoms with Gasteiger partial charge in [0.1, 0.15) is 0 Å². The Balaban J connectivity index is 2.13. The summed E-state index contributed by atoms with van der Waals surface area (Å²) in [5.74, 6) is 0.708. The lowest BCUT2D eigenvalue weighted by atomic mass is 9.98. The molecule has 1 heteroatoms. The van der Waals surface area contributed by atoms with Gasteiger partial charge in [0, 0.05) is 11.9 Å². The van der Waals surface area contributed by atoms with Gasteiger partial charge in [0.05, 0.1) is 0 Å². The first kappa shape index (κ1) is 11.7. The lowest BCUT2D eigenvalue weighted by Crippen LogP contribution is -2.05. The van der Waals surface area contributed by atoms with Crippen LogP contribution in [0, 0.1) is 5.92 Å². The summed E-state index contributed by atoms with van der Waals surface area (Å²) >= 11 is 0. The Morgan fingerprint density at radius 3 is 2.35 bits per heavy atom. The van der Waals surface area contributed by atoms with Crippen molar-refractivity contribution in [2.24, 2.45) is 5.92 Å². The Hall–Kier alpha value is -1.76. The van der Waals surface area contributed by atoms with Crippen molar-refractivity contribution >= 4 is 5.57 Å². The molecular weight excluding hydrogens is 206 g/mol. The lowest BCUT2D eigenvalue weighted by Gasteiger charge is -2.11. The first-order valence-corrected chi connectivity index (χ1v) is 6.08. The van der Waals surface area contributed by atoms with Gasteiger partial charge in [0.2, 0.25) is 0 Å². The van der Waals surface area contributed by atoms with Crippen LogP contribution in [0.2, 0.25) is 0 Å². The Labute approximate surface area is 104 Å². The molecule has 1 heterocycles. The van der Waals surface area contributed by atoms with E-state index >= 15 is 0 Å². The van der Waals surface area contributed by atoms with Gasteiger partial charge in [-0.1, -0.05) is 50.8 Å². The first-order chi connectivity index (χ1) is 8.15. The standard InChI is InChI=1S/C16H19N/c1-12(2)10-14-5-8-15(9-6-14)16-7-4-13(3)17-11-16/h4-9,11-12,17H,3,10H2,1-2H3. The van der Waals surface area contributed by atoms with E-state index in [1.54, 1.807) is 0 Å². The molecule has 0 radical (unpaired) electrons. The number of hydrogen-bond acceptors (Lipinski definition) is 1. The summed E-state index contributed by atoms with van der Waals surface area (Å²) in [5.41, 5.74) is 4.79. The van der Waals surface area contributed by atoms with E-state index in [0.717, 1.165) is 12.1 Å². The van der Waals surface area contributed by atoms with Gasteiger partial charge in [-0.2, -0.15) is 0 Å². The van der Waals surface area contributed by atoms with Gasteiger partial charge in [-0.3, -0.25) is 0 Å². The SMILES string of the molecule is C=C1C=CC(c2ccc(CC(C)C)cc2)=CN1. The number of hydrogen-bond donors (Lipinski definition) is 1. The normalized spacial score (nSPS) is 14.8. The quantitative estimate of drug-likeness (QED) is 0.822. The Bertz CT molecular complexity index is 461. The highest BCUT2D eigenvalue weighted by Gasteiger charge is 2.03. The van der Waals surface area contributed by atoms with Crippen LogP contribution >= 0.6 is 0 Å². The summed E-state index contributed by atoms with van der Waals surface area (Å²) in [6.45, 7) is 8.34. The fourth-order valence-corrected chi connectivity index (χ4v) is 1.94. The van der Waals surface area contributed by atoms with Crippen molar-refractivity contribution in [2.45, 2.75) is 20.3 Å². The minimum Gasteiger partial charge on any atom is -0.362 e. The molecule has 1 aromatic carbocycles. The van der Waals surface area contributed by atoms with E-state index < -0.39 is 0 Å². The zero-order chi connectivity index (χ0) is 12.3. The molecule has 2 rings (SSSR count). The van der Waals surface area contributed by atoms with E-state index in [2.05, 4.69) is 56.1 Å². The van der Waals surface area contributed by atoms with E-state index in [9.17, 15) is 0 Å². The molecule has 1 aliphatic heterocycles. The van der Waals surface area contributed by atoms with Gasteiger partial charge in [-0.05, 0) is 35.1 Å². The minimum absolute atomic E-state index is 0.708. The molecule has 0 saturated heterocycles. The number of dihydropyridines is 1. The van der Waals surface area contributed by atoms with E-state index in [4.69, 9.17) is 0 Å². The minimum atomic E-state index is 0.708. The molecule has 0 saturated carbocycles. The van der Waals surface area contributed by atoms with Gasteiger partial charge < -0.3 is 5.32 Å². The van der Waals surface area contributed by atoms with Crippen molar-refractivity contribution < 1.29 is 0 Å². The predicted molar refractivity (Wildman–Crippen MR) is 74.4 cm³/mol. The molecule has 88 valence electrons. The lowest BCUT2D eigenvalue weighted by molar-refractivity contribution is 0.647. The molecule has 1 aromatic rings. The summed E-state index contributed by atoms with van der Waals surface area (Å²) in [5, 5.41) is 3.13. The van der Waals surface area contributed by atoms with Crippen LogP contribution in [0.4, 0.5) is 0 Å². The van der Waals surface area contributed by atoms with Crippen LogP contribution in [-0.4, -0.2) is 0 Å². The Morgan fingerprint density at radius 1 is 1.12 bits per heavy atom. The molecule has 0 bridgehead atoms. The van der Waals surface area contributed by atoms with E-state index in [0.29, 0.717) is 5.92 Å². The molecular formula is C16H19N.